The molecule has 2 heterocycles. The van der Waals surface area contributed by atoms with E-state index in [9.17, 15) is 51.5 Å². The fourth-order valence-electron chi connectivity index (χ4n) is 3.48. The van der Waals surface area contributed by atoms with Gasteiger partial charge in [-0.05, 0) is 13.8 Å². The summed E-state index contributed by atoms with van der Waals surface area (Å²) in [6.07, 6.45) is -2.64. The summed E-state index contributed by atoms with van der Waals surface area (Å²) in [5.41, 5.74) is 3.23. The molecule has 19 nitrogen and oxygen atoms in total. The molecule has 2 rings (SSSR count). The summed E-state index contributed by atoms with van der Waals surface area (Å²) in [6.45, 7) is 0.902. The number of nitrogens with two attached hydrogens (primary N) is 1. The number of methoxy groups -OCH3 is 1. The van der Waals surface area contributed by atoms with Gasteiger partial charge in [-0.2, -0.15) is 13.2 Å². The standard InChI is InChI=1S/C23H32N8O9.C2HF3O2/c1-14-8-30(22(38)26-20(14)36)11-17(33)28(6-4-24)10-16(32)25-5-7-29(13-19(35)40-3)18(34)12-31-9-15(2)21(37)27-23(31)39;3-2(4,5)1(6)7/h8-9H,4-7,10-13,24H2,1-3H3,(H,25,32)(H,26,36,38)(H,27,37,39);(H,6,7). The summed E-state index contributed by atoms with van der Waals surface area (Å²) in [7, 11) is 1.13. The van der Waals surface area contributed by atoms with Crippen LogP contribution < -0.4 is 33.5 Å². The summed E-state index contributed by atoms with van der Waals surface area (Å²) in [5.74, 6) is -5.36. The second-order valence-corrected chi connectivity index (χ2v) is 9.55. The van der Waals surface area contributed by atoms with Crippen LogP contribution in [0.2, 0.25) is 0 Å². The Morgan fingerprint density at radius 3 is 1.68 bits per heavy atom. The number of ether oxygens (including phenoxy) is 1. The molecule has 2 aromatic heterocycles. The van der Waals surface area contributed by atoms with Crippen molar-refractivity contribution >= 4 is 29.7 Å². The maximum atomic E-state index is 12.8. The predicted octanol–water partition coefficient (Wildman–Crippen LogP) is -3.76. The smallest absolute Gasteiger partial charge is 0.475 e. The van der Waals surface area contributed by atoms with Crippen molar-refractivity contribution in [2.24, 2.45) is 5.73 Å². The van der Waals surface area contributed by atoms with Crippen molar-refractivity contribution < 1.29 is 47.0 Å². The number of hydrogen-bond acceptors (Lipinski definition) is 11. The molecule has 0 aromatic carbocycles. The summed E-state index contributed by atoms with van der Waals surface area (Å²) in [5, 5.41) is 9.66. The molecule has 0 fully saturated rings. The van der Waals surface area contributed by atoms with Crippen molar-refractivity contribution in [2.45, 2.75) is 33.1 Å². The van der Waals surface area contributed by atoms with E-state index in [4.69, 9.17) is 15.6 Å². The van der Waals surface area contributed by atoms with E-state index >= 15 is 0 Å². The van der Waals surface area contributed by atoms with Gasteiger partial charge in [0.05, 0.1) is 13.7 Å². The van der Waals surface area contributed by atoms with E-state index in [0.717, 1.165) is 26.0 Å². The summed E-state index contributed by atoms with van der Waals surface area (Å²) in [4.78, 5) is 112. The van der Waals surface area contributed by atoms with E-state index in [-0.39, 0.29) is 37.3 Å². The van der Waals surface area contributed by atoms with Crippen molar-refractivity contribution in [1.29, 1.82) is 0 Å². The van der Waals surface area contributed by atoms with E-state index < -0.39 is 84.5 Å². The second kappa shape index (κ2) is 17.8. The number of rotatable bonds is 13. The molecule has 0 aliphatic carbocycles. The quantitative estimate of drug-likeness (QED) is 0.128. The monoisotopic (exact) mass is 678 g/mol. The molecule has 0 bridgehead atoms. The van der Waals surface area contributed by atoms with E-state index in [1.807, 2.05) is 0 Å². The van der Waals surface area contributed by atoms with Crippen LogP contribution in [-0.2, 0) is 41.8 Å². The van der Waals surface area contributed by atoms with Gasteiger partial charge < -0.3 is 30.7 Å². The van der Waals surface area contributed by atoms with Crippen LogP contribution >= 0.6 is 0 Å². The molecular weight excluding hydrogens is 645 g/mol. The number of hydrogen-bond donors (Lipinski definition) is 5. The van der Waals surface area contributed by atoms with Crippen LogP contribution in [0.5, 0.6) is 0 Å². The Kier molecular flexibility index (Phi) is 15.0. The first-order chi connectivity index (χ1) is 21.8. The maximum Gasteiger partial charge on any atom is 0.490 e. The van der Waals surface area contributed by atoms with E-state index in [2.05, 4.69) is 20.0 Å². The average Bonchev–Trinajstić information content (AvgIpc) is 2.97. The Bertz CT molecular complexity index is 1690. The van der Waals surface area contributed by atoms with Gasteiger partial charge >= 0.3 is 29.5 Å². The van der Waals surface area contributed by atoms with E-state index in [1.165, 1.54) is 26.2 Å². The first-order valence-corrected chi connectivity index (χ1v) is 13.3. The van der Waals surface area contributed by atoms with Crippen LogP contribution in [0.4, 0.5) is 13.2 Å². The summed E-state index contributed by atoms with van der Waals surface area (Å²) < 4.78 is 38.3. The van der Waals surface area contributed by atoms with Gasteiger partial charge in [-0.3, -0.25) is 47.9 Å². The highest BCUT2D eigenvalue weighted by molar-refractivity contribution is 5.85. The second-order valence-electron chi connectivity index (χ2n) is 9.55. The van der Waals surface area contributed by atoms with Gasteiger partial charge in [0.25, 0.3) is 11.1 Å². The predicted molar refractivity (Wildman–Crippen MR) is 153 cm³/mol. The van der Waals surface area contributed by atoms with Gasteiger partial charge in [0.2, 0.25) is 17.7 Å². The lowest BCUT2D eigenvalue weighted by Crippen LogP contribution is -2.48. The number of alkyl halides is 3. The molecule has 0 saturated carbocycles. The lowest BCUT2D eigenvalue weighted by atomic mass is 10.3. The minimum Gasteiger partial charge on any atom is -0.475 e. The molecule has 0 radical (unpaired) electrons. The van der Waals surface area contributed by atoms with Crippen LogP contribution in [0.15, 0.2) is 31.6 Å². The van der Waals surface area contributed by atoms with Crippen LogP contribution in [0.1, 0.15) is 11.1 Å². The first-order valence-electron chi connectivity index (χ1n) is 13.3. The van der Waals surface area contributed by atoms with E-state index in [0.29, 0.717) is 0 Å². The zero-order valence-electron chi connectivity index (χ0n) is 25.3. The highest BCUT2D eigenvalue weighted by Crippen LogP contribution is 2.13. The molecule has 0 atom stereocenters. The molecular formula is C25H33F3N8O11. The number of aromatic nitrogens is 4. The topological polar surface area (TPSA) is 269 Å². The van der Waals surface area contributed by atoms with Crippen molar-refractivity contribution in [3.05, 3.63) is 65.2 Å². The van der Waals surface area contributed by atoms with Gasteiger partial charge in [-0.25, -0.2) is 14.4 Å². The summed E-state index contributed by atoms with van der Waals surface area (Å²) in [6, 6.07) is 0. The average molecular weight is 679 g/mol. The molecule has 0 unspecified atom stereocenters. The summed E-state index contributed by atoms with van der Waals surface area (Å²) >= 11 is 0. The third kappa shape index (κ3) is 13.2. The van der Waals surface area contributed by atoms with Crippen molar-refractivity contribution in [3.8, 4) is 0 Å². The number of carboxylic acids is 1. The number of aromatic amines is 2. The number of carbonyl (C=O) groups excluding carboxylic acids is 4. The number of aliphatic carboxylic acids is 1. The lowest BCUT2D eigenvalue weighted by Gasteiger charge is -2.24. The fourth-order valence-corrected chi connectivity index (χ4v) is 3.48. The Morgan fingerprint density at radius 2 is 1.30 bits per heavy atom. The van der Waals surface area contributed by atoms with Crippen LogP contribution in [0.3, 0.4) is 0 Å². The van der Waals surface area contributed by atoms with Crippen molar-refractivity contribution in [3.63, 3.8) is 0 Å². The molecule has 6 N–H and O–H groups in total. The Balaban J connectivity index is 0.00000141. The number of esters is 1. The minimum absolute atomic E-state index is 0.00360. The maximum absolute atomic E-state index is 12.8. The van der Waals surface area contributed by atoms with Gasteiger partial charge in [0.15, 0.2) is 0 Å². The van der Waals surface area contributed by atoms with Gasteiger partial charge in [0.1, 0.15) is 19.6 Å². The largest absolute Gasteiger partial charge is 0.490 e. The highest BCUT2D eigenvalue weighted by atomic mass is 19.4. The number of carboxylic acid groups (broad SMARTS) is 1. The Hall–Kier alpha value is -5.54. The first kappa shape index (κ1) is 39.5. The Morgan fingerprint density at radius 1 is 0.872 bits per heavy atom. The number of carbonyl (C=O) groups is 5. The fraction of sp³-hybridized carbons (Fsp3) is 0.480. The molecule has 22 heteroatoms. The number of amides is 3. The van der Waals surface area contributed by atoms with Gasteiger partial charge in [-0.15, -0.1) is 0 Å². The molecule has 3 amide bonds. The number of nitrogens with one attached hydrogen (secondary N) is 3. The molecule has 0 spiro atoms. The normalized spacial score (nSPS) is 10.7. The van der Waals surface area contributed by atoms with Gasteiger partial charge in [0, 0.05) is 49.7 Å². The SMILES string of the molecule is COC(=O)CN(CCNC(=O)CN(CCN)C(=O)Cn1cc(C)c(=O)[nH]c1=O)C(=O)Cn1cc(C)c(=O)[nH]c1=O.O=C(O)C(F)(F)F. The number of nitrogens with zero attached hydrogens (tertiary/aromatic N) is 4. The van der Waals surface area contributed by atoms with Crippen molar-refractivity contribution in [2.75, 3.05) is 46.4 Å². The van der Waals surface area contributed by atoms with Crippen molar-refractivity contribution in [1.82, 2.24) is 34.2 Å². The van der Waals surface area contributed by atoms with E-state index in [1.54, 1.807) is 0 Å². The zero-order chi connectivity index (χ0) is 36.1. The molecule has 0 aliphatic rings. The highest BCUT2D eigenvalue weighted by Gasteiger charge is 2.38. The number of aryl methyl sites for hydroxylation is 2. The lowest BCUT2D eigenvalue weighted by molar-refractivity contribution is -0.192. The number of halogens is 3. The molecule has 2 aromatic rings. The molecule has 0 aliphatic heterocycles. The van der Waals surface area contributed by atoms with Crippen LogP contribution in [0.25, 0.3) is 0 Å². The molecule has 47 heavy (non-hydrogen) atoms. The Labute approximate surface area is 261 Å². The molecule has 0 saturated heterocycles. The van der Waals surface area contributed by atoms with Gasteiger partial charge in [-0.1, -0.05) is 0 Å². The van der Waals surface area contributed by atoms with Crippen LogP contribution in [-0.4, -0.2) is 116 Å². The third-order valence-corrected chi connectivity index (χ3v) is 5.92. The minimum atomic E-state index is -5.08. The number of H-pyrrole nitrogens is 2. The molecule has 260 valence electrons. The zero-order valence-corrected chi connectivity index (χ0v) is 25.3. The van der Waals surface area contributed by atoms with Crippen LogP contribution in [0, 0.1) is 13.8 Å². The third-order valence-electron chi connectivity index (χ3n) is 5.92.